The van der Waals surface area contributed by atoms with Gasteiger partial charge in [-0.05, 0) is 31.9 Å². The summed E-state index contributed by atoms with van der Waals surface area (Å²) in [5.41, 5.74) is 9.14. The minimum Gasteiger partial charge on any atom is -0.384 e. The third-order valence-electron chi connectivity index (χ3n) is 6.07. The molecule has 2 N–H and O–H groups in total. The number of nitrogen functional groups attached to an aromatic ring is 1. The predicted molar refractivity (Wildman–Crippen MR) is 106 cm³/mol. The molecule has 27 heavy (non-hydrogen) atoms. The van der Waals surface area contributed by atoms with Gasteiger partial charge in [-0.2, -0.15) is 5.01 Å². The standard InChI is InChI=1S/C20H27N7/c1-15-20(16-7-8-22-18(21)14-16)27-19(23-15)6-3-9-26(27)25-12-10-24(11-13-25)17-4-2-5-17/h3,7-9,14,17H,2,4-6,10-13H2,1H3,(H2,21,22). The third-order valence-corrected chi connectivity index (χ3v) is 6.07. The maximum atomic E-state index is 5.95. The van der Waals surface area contributed by atoms with Crippen LogP contribution in [-0.4, -0.2) is 56.8 Å². The first-order chi connectivity index (χ1) is 13.2. The van der Waals surface area contributed by atoms with E-state index in [1.807, 2.05) is 12.1 Å². The zero-order valence-corrected chi connectivity index (χ0v) is 15.9. The SMILES string of the molecule is Cc1nc2n(c1-c1ccnc(N)c1)N(N1CCN(C3CCC3)CC1)C=CC2. The number of pyridine rings is 1. The molecule has 2 aromatic rings. The number of aromatic nitrogens is 3. The molecule has 0 unspecified atom stereocenters. The van der Waals surface area contributed by atoms with Crippen LogP contribution in [0.1, 0.15) is 30.8 Å². The lowest BCUT2D eigenvalue weighted by molar-refractivity contribution is 0.0497. The second-order valence-corrected chi connectivity index (χ2v) is 7.73. The fourth-order valence-electron chi connectivity index (χ4n) is 4.43. The summed E-state index contributed by atoms with van der Waals surface area (Å²) >= 11 is 0. The van der Waals surface area contributed by atoms with Crippen LogP contribution >= 0.6 is 0 Å². The third kappa shape index (κ3) is 2.91. The summed E-state index contributed by atoms with van der Waals surface area (Å²) < 4.78 is 2.25. The number of anilines is 1. The monoisotopic (exact) mass is 365 g/mol. The Morgan fingerprint density at radius 2 is 1.96 bits per heavy atom. The van der Waals surface area contributed by atoms with Crippen LogP contribution in [-0.2, 0) is 6.42 Å². The summed E-state index contributed by atoms with van der Waals surface area (Å²) in [6, 6.07) is 4.77. The Morgan fingerprint density at radius 3 is 2.67 bits per heavy atom. The van der Waals surface area contributed by atoms with Gasteiger partial charge >= 0.3 is 0 Å². The Hall–Kier alpha value is -2.38. The van der Waals surface area contributed by atoms with E-state index in [0.29, 0.717) is 5.82 Å². The van der Waals surface area contributed by atoms with Crippen molar-refractivity contribution in [3.05, 3.63) is 42.1 Å². The van der Waals surface area contributed by atoms with Gasteiger partial charge in [-0.3, -0.25) is 4.90 Å². The smallest absolute Gasteiger partial charge is 0.134 e. The fraction of sp³-hybridized carbons (Fsp3) is 0.500. The van der Waals surface area contributed by atoms with E-state index in [1.165, 1.54) is 19.3 Å². The molecular formula is C20H27N7. The first-order valence-corrected chi connectivity index (χ1v) is 9.96. The van der Waals surface area contributed by atoms with Crippen LogP contribution in [0.3, 0.4) is 0 Å². The number of fused-ring (bicyclic) bond motifs is 1. The summed E-state index contributed by atoms with van der Waals surface area (Å²) in [5, 5.41) is 4.69. The van der Waals surface area contributed by atoms with Crippen molar-refractivity contribution in [2.75, 3.05) is 37.0 Å². The molecule has 2 fully saturated rings. The van der Waals surface area contributed by atoms with Crippen molar-refractivity contribution in [2.24, 2.45) is 0 Å². The molecule has 0 bridgehead atoms. The van der Waals surface area contributed by atoms with Gasteiger partial charge in [-0.1, -0.05) is 12.5 Å². The molecule has 0 spiro atoms. The molecule has 1 saturated carbocycles. The number of piperazine rings is 1. The lowest BCUT2D eigenvalue weighted by Gasteiger charge is -2.46. The maximum Gasteiger partial charge on any atom is 0.134 e. The van der Waals surface area contributed by atoms with Crippen LogP contribution in [0.4, 0.5) is 5.82 Å². The zero-order chi connectivity index (χ0) is 18.4. The van der Waals surface area contributed by atoms with Gasteiger partial charge in [0.15, 0.2) is 0 Å². The van der Waals surface area contributed by atoms with Gasteiger partial charge in [0.2, 0.25) is 0 Å². The Morgan fingerprint density at radius 1 is 1.15 bits per heavy atom. The van der Waals surface area contributed by atoms with Crippen LogP contribution in [0, 0.1) is 6.92 Å². The van der Waals surface area contributed by atoms with E-state index in [1.54, 1.807) is 6.20 Å². The Bertz CT molecular complexity index is 859. The Kier molecular flexibility index (Phi) is 4.13. The number of aryl methyl sites for hydroxylation is 1. The largest absolute Gasteiger partial charge is 0.384 e. The fourth-order valence-corrected chi connectivity index (χ4v) is 4.43. The van der Waals surface area contributed by atoms with Crippen LogP contribution in [0.15, 0.2) is 30.6 Å². The van der Waals surface area contributed by atoms with Crippen LogP contribution < -0.4 is 10.9 Å². The molecule has 0 radical (unpaired) electrons. The van der Waals surface area contributed by atoms with Gasteiger partial charge in [0.05, 0.1) is 11.4 Å². The van der Waals surface area contributed by atoms with E-state index in [0.717, 1.165) is 61.4 Å². The van der Waals surface area contributed by atoms with Gasteiger partial charge in [-0.15, -0.1) is 0 Å². The van der Waals surface area contributed by atoms with Crippen LogP contribution in [0.5, 0.6) is 0 Å². The number of imidazole rings is 1. The van der Waals surface area contributed by atoms with E-state index >= 15 is 0 Å². The van der Waals surface area contributed by atoms with Crippen molar-refractivity contribution in [1.29, 1.82) is 0 Å². The minimum atomic E-state index is 0.537. The van der Waals surface area contributed by atoms with Crippen molar-refractivity contribution in [3.63, 3.8) is 0 Å². The Balaban J connectivity index is 1.45. The molecule has 7 nitrogen and oxygen atoms in total. The number of nitrogens with zero attached hydrogens (tertiary/aromatic N) is 6. The molecule has 7 heteroatoms. The molecule has 3 aliphatic rings. The normalized spacial score (nSPS) is 21.3. The highest BCUT2D eigenvalue weighted by atomic mass is 15.8. The van der Waals surface area contributed by atoms with Gasteiger partial charge in [-0.25, -0.2) is 19.8 Å². The van der Waals surface area contributed by atoms with E-state index in [4.69, 9.17) is 10.7 Å². The van der Waals surface area contributed by atoms with Crippen molar-refractivity contribution in [1.82, 2.24) is 24.6 Å². The quantitative estimate of drug-likeness (QED) is 0.897. The topological polar surface area (TPSA) is 66.5 Å². The first-order valence-electron chi connectivity index (χ1n) is 9.96. The summed E-state index contributed by atoms with van der Waals surface area (Å²) in [6.45, 7) is 6.42. The molecule has 0 atom stereocenters. The predicted octanol–water partition coefficient (Wildman–Crippen LogP) is 1.93. The molecule has 2 aromatic heterocycles. The second-order valence-electron chi connectivity index (χ2n) is 7.73. The van der Waals surface area contributed by atoms with Crippen molar-refractivity contribution in [3.8, 4) is 11.3 Å². The summed E-state index contributed by atoms with van der Waals surface area (Å²) in [4.78, 5) is 11.6. The minimum absolute atomic E-state index is 0.537. The van der Waals surface area contributed by atoms with Gasteiger partial charge in [0.1, 0.15) is 11.6 Å². The molecule has 0 amide bonds. The first kappa shape index (κ1) is 16.8. The Labute approximate surface area is 160 Å². The molecule has 1 aliphatic carbocycles. The number of nitrogens with two attached hydrogens (primary N) is 1. The maximum absolute atomic E-state index is 5.95. The number of rotatable bonds is 3. The number of allylic oxidation sites excluding steroid dienone is 1. The van der Waals surface area contributed by atoms with Gasteiger partial charge < -0.3 is 5.73 Å². The average Bonchev–Trinajstić information content (AvgIpc) is 2.97. The highest BCUT2D eigenvalue weighted by Gasteiger charge is 2.31. The number of hydrogen-bond donors (Lipinski definition) is 1. The molecular weight excluding hydrogens is 338 g/mol. The highest BCUT2D eigenvalue weighted by Crippen LogP contribution is 2.30. The van der Waals surface area contributed by atoms with E-state index < -0.39 is 0 Å². The van der Waals surface area contributed by atoms with E-state index in [2.05, 4.69) is 43.9 Å². The molecule has 5 rings (SSSR count). The molecule has 142 valence electrons. The second kappa shape index (κ2) is 6.65. The molecule has 4 heterocycles. The lowest BCUT2D eigenvalue weighted by atomic mass is 9.91. The van der Waals surface area contributed by atoms with Crippen molar-refractivity contribution >= 4 is 5.82 Å². The van der Waals surface area contributed by atoms with Crippen molar-refractivity contribution < 1.29 is 0 Å². The van der Waals surface area contributed by atoms with Gasteiger partial charge in [0.25, 0.3) is 0 Å². The highest BCUT2D eigenvalue weighted by molar-refractivity contribution is 5.66. The molecule has 1 saturated heterocycles. The average molecular weight is 365 g/mol. The molecule has 0 aromatic carbocycles. The zero-order valence-electron chi connectivity index (χ0n) is 15.9. The number of hydrazine groups is 1. The van der Waals surface area contributed by atoms with E-state index in [9.17, 15) is 0 Å². The number of hydrogen-bond acceptors (Lipinski definition) is 6. The van der Waals surface area contributed by atoms with Crippen LogP contribution in [0.2, 0.25) is 0 Å². The van der Waals surface area contributed by atoms with Crippen molar-refractivity contribution in [2.45, 2.75) is 38.6 Å². The summed E-state index contributed by atoms with van der Waals surface area (Å²) in [6.07, 6.45) is 11.1. The summed E-state index contributed by atoms with van der Waals surface area (Å²) in [7, 11) is 0. The molecule has 2 aliphatic heterocycles. The summed E-state index contributed by atoms with van der Waals surface area (Å²) in [5.74, 6) is 1.61. The lowest BCUT2D eigenvalue weighted by Crippen LogP contribution is -2.59. The van der Waals surface area contributed by atoms with Crippen LogP contribution in [0.25, 0.3) is 11.3 Å². The van der Waals surface area contributed by atoms with E-state index in [-0.39, 0.29) is 0 Å². The van der Waals surface area contributed by atoms with Gasteiger partial charge in [0, 0.05) is 56.6 Å².